The minimum atomic E-state index is -0.0764. The van der Waals surface area contributed by atoms with Crippen molar-refractivity contribution in [3.8, 4) is 0 Å². The van der Waals surface area contributed by atoms with Crippen LogP contribution in [0.15, 0.2) is 41.9 Å². The maximum absolute atomic E-state index is 12.3. The number of amides is 1. The standard InChI is InChI=1S/C19H17Cl2N3OS/c20-12-1-2-14-16(11-12)22-7-3-17(14)24-8-4-13(5-9-24)23-19(25)18-15(21)6-10-26-18/h1-3,6-7,10-11,13H,4-5,8-9H2,(H,23,25). The van der Waals surface area contributed by atoms with E-state index in [-0.39, 0.29) is 11.9 Å². The summed E-state index contributed by atoms with van der Waals surface area (Å²) in [5.41, 5.74) is 2.07. The molecule has 0 atom stereocenters. The Labute approximate surface area is 165 Å². The third-order valence-corrected chi connectivity index (χ3v) is 6.25. The first-order chi connectivity index (χ1) is 12.6. The van der Waals surface area contributed by atoms with E-state index >= 15 is 0 Å². The Morgan fingerprint density at radius 3 is 2.73 bits per heavy atom. The fraction of sp³-hybridized carbons (Fsp3) is 0.263. The number of anilines is 1. The van der Waals surface area contributed by atoms with Crippen LogP contribution in [0.1, 0.15) is 22.5 Å². The van der Waals surface area contributed by atoms with Crippen molar-refractivity contribution < 1.29 is 4.79 Å². The lowest BCUT2D eigenvalue weighted by molar-refractivity contribution is 0.0935. The molecule has 1 amide bonds. The maximum Gasteiger partial charge on any atom is 0.263 e. The Hall–Kier alpha value is -1.82. The molecule has 26 heavy (non-hydrogen) atoms. The lowest BCUT2D eigenvalue weighted by atomic mass is 10.0. The van der Waals surface area contributed by atoms with Crippen molar-refractivity contribution in [3.05, 3.63) is 56.8 Å². The van der Waals surface area contributed by atoms with Gasteiger partial charge in [0, 0.05) is 41.4 Å². The Balaban J connectivity index is 1.44. The molecule has 1 fully saturated rings. The monoisotopic (exact) mass is 405 g/mol. The second-order valence-electron chi connectivity index (χ2n) is 6.32. The zero-order valence-electron chi connectivity index (χ0n) is 13.9. The van der Waals surface area contributed by atoms with Crippen molar-refractivity contribution in [3.63, 3.8) is 0 Å². The summed E-state index contributed by atoms with van der Waals surface area (Å²) in [5, 5.41) is 7.26. The molecule has 0 unspecified atom stereocenters. The minimum absolute atomic E-state index is 0.0764. The lowest BCUT2D eigenvalue weighted by Crippen LogP contribution is -2.44. The van der Waals surface area contributed by atoms with E-state index in [4.69, 9.17) is 23.2 Å². The molecule has 0 aliphatic carbocycles. The number of hydrogen-bond acceptors (Lipinski definition) is 4. The summed E-state index contributed by atoms with van der Waals surface area (Å²) in [4.78, 5) is 19.7. The number of hydrogen-bond donors (Lipinski definition) is 1. The number of nitrogens with one attached hydrogen (secondary N) is 1. The Bertz CT molecular complexity index is 951. The highest BCUT2D eigenvalue weighted by molar-refractivity contribution is 7.12. The van der Waals surface area contributed by atoms with Gasteiger partial charge in [-0.15, -0.1) is 11.3 Å². The molecule has 1 aromatic carbocycles. The number of carbonyl (C=O) groups is 1. The average molecular weight is 406 g/mol. The van der Waals surface area contributed by atoms with Gasteiger partial charge in [0.1, 0.15) is 4.88 Å². The molecule has 3 aromatic rings. The molecule has 2 aromatic heterocycles. The molecule has 1 N–H and O–H groups in total. The Morgan fingerprint density at radius 1 is 1.19 bits per heavy atom. The zero-order valence-corrected chi connectivity index (χ0v) is 16.2. The van der Waals surface area contributed by atoms with Crippen LogP contribution in [-0.2, 0) is 0 Å². The molecule has 0 saturated carbocycles. The molecule has 7 heteroatoms. The normalized spacial score (nSPS) is 15.4. The predicted octanol–water partition coefficient (Wildman–Crippen LogP) is 5.00. The number of halogens is 2. The van der Waals surface area contributed by atoms with Gasteiger partial charge in [0.25, 0.3) is 5.91 Å². The zero-order chi connectivity index (χ0) is 18.1. The molecular weight excluding hydrogens is 389 g/mol. The van der Waals surface area contributed by atoms with Crippen LogP contribution < -0.4 is 10.2 Å². The number of carbonyl (C=O) groups excluding carboxylic acids is 1. The van der Waals surface area contributed by atoms with E-state index < -0.39 is 0 Å². The van der Waals surface area contributed by atoms with Crippen LogP contribution >= 0.6 is 34.5 Å². The SMILES string of the molecule is O=C(NC1CCN(c2ccnc3cc(Cl)ccc23)CC1)c1sccc1Cl. The summed E-state index contributed by atoms with van der Waals surface area (Å²) in [7, 11) is 0. The van der Waals surface area contributed by atoms with Crippen molar-refractivity contribution >= 4 is 57.0 Å². The number of benzene rings is 1. The van der Waals surface area contributed by atoms with Crippen LogP contribution in [0.4, 0.5) is 5.69 Å². The van der Waals surface area contributed by atoms with Crippen LogP contribution in [0.5, 0.6) is 0 Å². The lowest BCUT2D eigenvalue weighted by Gasteiger charge is -2.34. The molecule has 0 radical (unpaired) electrons. The number of pyridine rings is 1. The Kier molecular flexibility index (Phi) is 5.02. The molecule has 4 rings (SSSR count). The summed E-state index contributed by atoms with van der Waals surface area (Å²) in [6, 6.07) is 9.77. The minimum Gasteiger partial charge on any atom is -0.371 e. The molecule has 0 spiro atoms. The van der Waals surface area contributed by atoms with Gasteiger partial charge in [-0.05, 0) is 48.6 Å². The smallest absolute Gasteiger partial charge is 0.263 e. The quantitative estimate of drug-likeness (QED) is 0.666. The second kappa shape index (κ2) is 7.43. The van der Waals surface area contributed by atoms with Crippen molar-refractivity contribution in [2.24, 2.45) is 0 Å². The van der Waals surface area contributed by atoms with Crippen molar-refractivity contribution in [1.29, 1.82) is 0 Å². The van der Waals surface area contributed by atoms with Gasteiger partial charge in [0.2, 0.25) is 0 Å². The summed E-state index contributed by atoms with van der Waals surface area (Å²) < 4.78 is 0. The van der Waals surface area contributed by atoms with Gasteiger partial charge in [-0.25, -0.2) is 0 Å². The molecule has 1 aliphatic rings. The molecule has 134 valence electrons. The van der Waals surface area contributed by atoms with E-state index in [0.717, 1.165) is 42.5 Å². The van der Waals surface area contributed by atoms with Crippen molar-refractivity contribution in [2.75, 3.05) is 18.0 Å². The number of rotatable bonds is 3. The fourth-order valence-corrected chi connectivity index (χ4v) is 4.56. The number of fused-ring (bicyclic) bond motifs is 1. The van der Waals surface area contributed by atoms with E-state index in [1.165, 1.54) is 11.3 Å². The van der Waals surface area contributed by atoms with Gasteiger partial charge in [0.05, 0.1) is 10.5 Å². The van der Waals surface area contributed by atoms with E-state index in [2.05, 4.69) is 15.2 Å². The van der Waals surface area contributed by atoms with Crippen molar-refractivity contribution in [1.82, 2.24) is 10.3 Å². The van der Waals surface area contributed by atoms with Crippen LogP contribution in [0.2, 0.25) is 10.0 Å². The molecule has 0 bridgehead atoms. The van der Waals surface area contributed by atoms with Crippen molar-refractivity contribution in [2.45, 2.75) is 18.9 Å². The molecule has 4 nitrogen and oxygen atoms in total. The Morgan fingerprint density at radius 2 is 2.00 bits per heavy atom. The van der Waals surface area contributed by atoms with Crippen LogP contribution in [-0.4, -0.2) is 30.0 Å². The number of thiophene rings is 1. The summed E-state index contributed by atoms with van der Waals surface area (Å²) in [6.45, 7) is 1.76. The number of aromatic nitrogens is 1. The van der Waals surface area contributed by atoms with Gasteiger partial charge in [0.15, 0.2) is 0 Å². The maximum atomic E-state index is 12.3. The topological polar surface area (TPSA) is 45.2 Å². The second-order valence-corrected chi connectivity index (χ2v) is 8.08. The largest absolute Gasteiger partial charge is 0.371 e. The molecular formula is C19H17Cl2N3OS. The fourth-order valence-electron chi connectivity index (χ4n) is 3.35. The first-order valence-corrected chi connectivity index (χ1v) is 10.1. The first kappa shape index (κ1) is 17.6. The summed E-state index contributed by atoms with van der Waals surface area (Å²) >= 11 is 13.5. The van der Waals surface area contributed by atoms with Crippen LogP contribution in [0.3, 0.4) is 0 Å². The number of nitrogens with zero attached hydrogens (tertiary/aromatic N) is 2. The van der Waals surface area contributed by atoms with Gasteiger partial charge >= 0.3 is 0 Å². The highest BCUT2D eigenvalue weighted by Gasteiger charge is 2.23. The van der Waals surface area contributed by atoms with E-state index in [1.807, 2.05) is 35.8 Å². The van der Waals surface area contributed by atoms with Gasteiger partial charge < -0.3 is 10.2 Å². The van der Waals surface area contributed by atoms with Crippen LogP contribution in [0, 0.1) is 0 Å². The van der Waals surface area contributed by atoms with Gasteiger partial charge in [-0.3, -0.25) is 9.78 Å². The molecule has 3 heterocycles. The van der Waals surface area contributed by atoms with Gasteiger partial charge in [-0.1, -0.05) is 23.2 Å². The third kappa shape index (κ3) is 3.52. The molecule has 1 saturated heterocycles. The summed E-state index contributed by atoms with van der Waals surface area (Å²) in [5.74, 6) is -0.0764. The van der Waals surface area contributed by atoms with Crippen LogP contribution in [0.25, 0.3) is 10.9 Å². The third-order valence-electron chi connectivity index (χ3n) is 4.68. The highest BCUT2D eigenvalue weighted by atomic mass is 35.5. The summed E-state index contributed by atoms with van der Waals surface area (Å²) in [6.07, 6.45) is 3.61. The van der Waals surface area contributed by atoms with E-state index in [0.29, 0.717) is 14.9 Å². The van der Waals surface area contributed by atoms with E-state index in [1.54, 1.807) is 6.07 Å². The average Bonchev–Trinajstić information content (AvgIpc) is 3.08. The van der Waals surface area contributed by atoms with E-state index in [9.17, 15) is 4.79 Å². The number of piperidine rings is 1. The highest BCUT2D eigenvalue weighted by Crippen LogP contribution is 2.29. The molecule has 1 aliphatic heterocycles. The predicted molar refractivity (Wildman–Crippen MR) is 109 cm³/mol. The van der Waals surface area contributed by atoms with Gasteiger partial charge in [-0.2, -0.15) is 0 Å². The first-order valence-electron chi connectivity index (χ1n) is 8.45.